The number of hydrogen-bond donors (Lipinski definition) is 1. The van der Waals surface area contributed by atoms with E-state index in [4.69, 9.17) is 0 Å². The third-order valence-corrected chi connectivity index (χ3v) is 6.96. The van der Waals surface area contributed by atoms with Gasteiger partial charge in [-0.05, 0) is 47.0 Å². The molecule has 37 heavy (non-hydrogen) atoms. The number of benzene rings is 2. The highest BCUT2D eigenvalue weighted by atomic mass is 16.2. The van der Waals surface area contributed by atoms with Gasteiger partial charge in [-0.25, -0.2) is 9.97 Å². The highest BCUT2D eigenvalue weighted by molar-refractivity contribution is 6.04. The summed E-state index contributed by atoms with van der Waals surface area (Å²) in [5.41, 5.74) is 9.18. The van der Waals surface area contributed by atoms with Gasteiger partial charge >= 0.3 is 0 Å². The van der Waals surface area contributed by atoms with Gasteiger partial charge in [-0.3, -0.25) is 14.2 Å². The van der Waals surface area contributed by atoms with Gasteiger partial charge in [-0.2, -0.15) is 0 Å². The van der Waals surface area contributed by atoms with Crippen molar-refractivity contribution in [2.75, 3.05) is 11.9 Å². The minimum absolute atomic E-state index is 0.222. The first-order valence-electron chi connectivity index (χ1n) is 12.1. The van der Waals surface area contributed by atoms with Gasteiger partial charge in [0.05, 0.1) is 41.4 Å². The summed E-state index contributed by atoms with van der Waals surface area (Å²) >= 11 is 0. The van der Waals surface area contributed by atoms with Gasteiger partial charge in [0, 0.05) is 30.6 Å². The van der Waals surface area contributed by atoms with E-state index in [9.17, 15) is 4.79 Å². The number of H-pyrrole nitrogens is 1. The first-order chi connectivity index (χ1) is 18.1. The number of para-hydroxylation sites is 1. The zero-order valence-electron chi connectivity index (χ0n) is 20.1. The molecule has 4 aromatic heterocycles. The van der Waals surface area contributed by atoms with Gasteiger partial charge in [-0.15, -0.1) is 0 Å². The SMILES string of the molecule is CN(C(=O)c1cn2c(-c3cc4ccccc4[nH]3)cnc2cn1)c1ccc(C2=Cc3ccccc3C2)nc1. The van der Waals surface area contributed by atoms with Crippen molar-refractivity contribution in [1.82, 2.24) is 24.3 Å². The molecular formula is C30H22N6O. The van der Waals surface area contributed by atoms with E-state index in [-0.39, 0.29) is 5.91 Å². The fourth-order valence-electron chi connectivity index (χ4n) is 4.92. The van der Waals surface area contributed by atoms with E-state index in [0.29, 0.717) is 17.0 Å². The molecule has 0 atom stereocenters. The molecule has 0 aliphatic heterocycles. The Morgan fingerprint density at radius 2 is 1.81 bits per heavy atom. The second-order valence-electron chi connectivity index (χ2n) is 9.23. The van der Waals surface area contributed by atoms with Crippen molar-refractivity contribution in [2.45, 2.75) is 6.42 Å². The molecule has 0 unspecified atom stereocenters. The number of allylic oxidation sites excluding steroid dienone is 1. The summed E-state index contributed by atoms with van der Waals surface area (Å²) in [5.74, 6) is -0.222. The third kappa shape index (κ3) is 3.60. The fraction of sp³-hybridized carbons (Fsp3) is 0.0667. The molecule has 6 aromatic rings. The molecule has 0 saturated carbocycles. The number of aromatic nitrogens is 5. The lowest BCUT2D eigenvalue weighted by atomic mass is 10.1. The average molecular weight is 483 g/mol. The van der Waals surface area contributed by atoms with Crippen LogP contribution in [0.3, 0.4) is 0 Å². The van der Waals surface area contributed by atoms with Crippen molar-refractivity contribution < 1.29 is 4.79 Å². The van der Waals surface area contributed by atoms with Crippen LogP contribution in [0.4, 0.5) is 5.69 Å². The highest BCUT2D eigenvalue weighted by Gasteiger charge is 2.19. The Hall–Kier alpha value is -5.04. The first kappa shape index (κ1) is 21.3. The molecule has 2 aromatic carbocycles. The number of pyridine rings is 1. The summed E-state index contributed by atoms with van der Waals surface area (Å²) in [4.78, 5) is 31.9. The zero-order valence-corrected chi connectivity index (χ0v) is 20.1. The van der Waals surface area contributed by atoms with Crippen molar-refractivity contribution in [3.05, 3.63) is 114 Å². The number of fused-ring (bicyclic) bond motifs is 3. The van der Waals surface area contributed by atoms with E-state index in [1.807, 2.05) is 40.8 Å². The molecule has 1 aliphatic carbocycles. The van der Waals surface area contributed by atoms with E-state index in [0.717, 1.165) is 34.4 Å². The number of nitrogens with zero attached hydrogens (tertiary/aromatic N) is 5. The number of carbonyl (C=O) groups is 1. The second-order valence-corrected chi connectivity index (χ2v) is 9.23. The van der Waals surface area contributed by atoms with Crippen LogP contribution in [-0.2, 0) is 6.42 Å². The molecule has 0 spiro atoms. The Morgan fingerprint density at radius 1 is 0.946 bits per heavy atom. The summed E-state index contributed by atoms with van der Waals surface area (Å²) in [6, 6.07) is 22.5. The third-order valence-electron chi connectivity index (χ3n) is 6.96. The number of hydrogen-bond acceptors (Lipinski definition) is 4. The number of amides is 1. The summed E-state index contributed by atoms with van der Waals surface area (Å²) in [6.45, 7) is 0. The molecule has 4 heterocycles. The molecule has 0 radical (unpaired) electrons. The van der Waals surface area contributed by atoms with Crippen LogP contribution in [0.15, 0.2) is 91.5 Å². The molecule has 1 aliphatic rings. The van der Waals surface area contributed by atoms with Gasteiger partial charge in [0.15, 0.2) is 5.65 Å². The predicted octanol–water partition coefficient (Wildman–Crippen LogP) is 5.65. The molecule has 7 nitrogen and oxygen atoms in total. The maximum atomic E-state index is 13.4. The zero-order chi connectivity index (χ0) is 24.9. The van der Waals surface area contributed by atoms with Crippen molar-refractivity contribution in [3.8, 4) is 11.4 Å². The highest BCUT2D eigenvalue weighted by Crippen LogP contribution is 2.31. The minimum atomic E-state index is -0.222. The van der Waals surface area contributed by atoms with E-state index in [1.165, 1.54) is 16.7 Å². The summed E-state index contributed by atoms with van der Waals surface area (Å²) in [7, 11) is 1.74. The molecule has 1 amide bonds. The van der Waals surface area contributed by atoms with E-state index in [2.05, 4.69) is 56.3 Å². The summed E-state index contributed by atoms with van der Waals surface area (Å²) < 4.78 is 1.89. The first-order valence-corrected chi connectivity index (χ1v) is 12.1. The topological polar surface area (TPSA) is 79.2 Å². The molecule has 1 N–H and O–H groups in total. The summed E-state index contributed by atoms with van der Waals surface area (Å²) in [5, 5.41) is 1.12. The van der Waals surface area contributed by atoms with Crippen molar-refractivity contribution >= 4 is 39.8 Å². The number of rotatable bonds is 4. The molecule has 178 valence electrons. The molecule has 0 saturated heterocycles. The molecule has 0 bridgehead atoms. The van der Waals surface area contributed by atoms with Gasteiger partial charge < -0.3 is 9.88 Å². The molecule has 7 rings (SSSR count). The smallest absolute Gasteiger partial charge is 0.278 e. The Labute approximate surface area is 212 Å². The number of aromatic amines is 1. The Bertz CT molecular complexity index is 1810. The number of carbonyl (C=O) groups excluding carboxylic acids is 1. The lowest BCUT2D eigenvalue weighted by molar-refractivity contribution is 0.0987. The van der Waals surface area contributed by atoms with Crippen LogP contribution in [-0.4, -0.2) is 37.3 Å². The molecular weight excluding hydrogens is 460 g/mol. The lowest BCUT2D eigenvalue weighted by Gasteiger charge is -2.17. The number of nitrogens with one attached hydrogen (secondary N) is 1. The van der Waals surface area contributed by atoms with E-state index in [1.54, 1.807) is 36.7 Å². The monoisotopic (exact) mass is 482 g/mol. The van der Waals surface area contributed by atoms with Crippen molar-refractivity contribution in [3.63, 3.8) is 0 Å². The van der Waals surface area contributed by atoms with Gasteiger partial charge in [-0.1, -0.05) is 42.5 Å². The lowest BCUT2D eigenvalue weighted by Crippen LogP contribution is -2.27. The largest absolute Gasteiger partial charge is 0.353 e. The molecule has 7 heteroatoms. The number of anilines is 1. The number of imidazole rings is 1. The predicted molar refractivity (Wildman–Crippen MR) is 145 cm³/mol. The Morgan fingerprint density at radius 3 is 2.65 bits per heavy atom. The Balaban J connectivity index is 1.16. The maximum Gasteiger partial charge on any atom is 0.278 e. The van der Waals surface area contributed by atoms with E-state index >= 15 is 0 Å². The standard InChI is InChI=1S/C30H22N6O/c1-35(23-10-11-24(31-15-23)22-12-19-6-2-3-7-20(19)13-22)30(37)27-18-36-28(16-33-29(36)17-32-27)26-14-21-8-4-5-9-25(21)34-26/h2-12,14-18,34H,13H2,1H3. The van der Waals surface area contributed by atoms with Gasteiger partial charge in [0.2, 0.25) is 0 Å². The van der Waals surface area contributed by atoms with Crippen LogP contribution in [0.2, 0.25) is 0 Å². The molecule has 0 fully saturated rings. The van der Waals surface area contributed by atoms with Crippen LogP contribution >= 0.6 is 0 Å². The van der Waals surface area contributed by atoms with Crippen LogP contribution in [0, 0.1) is 0 Å². The van der Waals surface area contributed by atoms with E-state index < -0.39 is 0 Å². The van der Waals surface area contributed by atoms with Gasteiger partial charge in [0.25, 0.3) is 5.91 Å². The van der Waals surface area contributed by atoms with Crippen molar-refractivity contribution in [2.24, 2.45) is 0 Å². The normalized spacial score (nSPS) is 12.6. The van der Waals surface area contributed by atoms with Crippen LogP contribution in [0.1, 0.15) is 27.3 Å². The van der Waals surface area contributed by atoms with Gasteiger partial charge in [0.1, 0.15) is 5.69 Å². The second kappa shape index (κ2) is 8.27. The van der Waals surface area contributed by atoms with Crippen LogP contribution in [0.5, 0.6) is 0 Å². The summed E-state index contributed by atoms with van der Waals surface area (Å²) in [6.07, 6.45) is 9.94. The minimum Gasteiger partial charge on any atom is -0.353 e. The van der Waals surface area contributed by atoms with Crippen LogP contribution in [0.25, 0.3) is 39.6 Å². The van der Waals surface area contributed by atoms with Crippen LogP contribution < -0.4 is 4.90 Å². The maximum absolute atomic E-state index is 13.4. The fourth-order valence-corrected chi connectivity index (χ4v) is 4.92. The Kier molecular flexibility index (Phi) is 4.75. The average Bonchev–Trinajstić information content (AvgIpc) is 3.68. The van der Waals surface area contributed by atoms with Crippen molar-refractivity contribution in [1.29, 1.82) is 0 Å². The quantitative estimate of drug-likeness (QED) is 0.352.